The first kappa shape index (κ1) is 12.2. The van der Waals surface area contributed by atoms with Crippen LogP contribution in [0.2, 0.25) is 0 Å². The van der Waals surface area contributed by atoms with Crippen LogP contribution in [-0.4, -0.2) is 27.4 Å². The molecule has 4 rings (SSSR count). The second kappa shape index (κ2) is 4.46. The van der Waals surface area contributed by atoms with Crippen LogP contribution < -0.4 is 5.73 Å². The lowest BCUT2D eigenvalue weighted by molar-refractivity contribution is 0.0744. The van der Waals surface area contributed by atoms with E-state index >= 15 is 0 Å². The molecule has 3 N–H and O–H groups in total. The van der Waals surface area contributed by atoms with Gasteiger partial charge in [-0.3, -0.25) is 0 Å². The maximum atomic E-state index is 9.63. The quantitative estimate of drug-likeness (QED) is 0.837. The van der Waals surface area contributed by atoms with Crippen molar-refractivity contribution in [1.29, 1.82) is 0 Å². The van der Waals surface area contributed by atoms with Crippen molar-refractivity contribution in [2.24, 2.45) is 5.92 Å². The second-order valence-electron chi connectivity index (χ2n) is 5.83. The summed E-state index contributed by atoms with van der Waals surface area (Å²) in [6.45, 7) is 0.744. The summed E-state index contributed by atoms with van der Waals surface area (Å²) >= 11 is 0. The number of imidazole rings is 1. The summed E-state index contributed by atoms with van der Waals surface area (Å²) in [5.41, 5.74) is 8.43. The number of ether oxygens (including phenoxy) is 1. The van der Waals surface area contributed by atoms with Gasteiger partial charge in [-0.15, -0.1) is 0 Å². The van der Waals surface area contributed by atoms with Gasteiger partial charge >= 0.3 is 0 Å². The number of nitrogen functional groups attached to an aromatic ring is 1. The molecule has 2 fully saturated rings. The average Bonchev–Trinajstić information content (AvgIpc) is 3.07. The largest absolute Gasteiger partial charge is 0.399 e. The molecule has 1 aliphatic heterocycles. The third kappa shape index (κ3) is 1.81. The van der Waals surface area contributed by atoms with Crippen LogP contribution in [0.25, 0.3) is 11.0 Å². The van der Waals surface area contributed by atoms with E-state index in [1.54, 1.807) is 0 Å². The summed E-state index contributed by atoms with van der Waals surface area (Å²) in [5.74, 6) is 1.40. The Labute approximate surface area is 117 Å². The van der Waals surface area contributed by atoms with Crippen LogP contribution >= 0.6 is 0 Å². The average molecular weight is 273 g/mol. The smallest absolute Gasteiger partial charge is 0.136 e. The molecule has 1 saturated heterocycles. The highest BCUT2D eigenvalue weighted by Gasteiger charge is 2.42. The molecule has 0 spiro atoms. The van der Waals surface area contributed by atoms with E-state index in [0.29, 0.717) is 23.5 Å². The third-order valence-electron chi connectivity index (χ3n) is 4.45. The minimum absolute atomic E-state index is 0.0531. The molecule has 0 bridgehead atoms. The number of fused-ring (bicyclic) bond motifs is 1. The number of anilines is 1. The predicted octanol–water partition coefficient (Wildman–Crippen LogP) is 1.85. The summed E-state index contributed by atoms with van der Waals surface area (Å²) < 4.78 is 8.10. The van der Waals surface area contributed by atoms with Gasteiger partial charge in [0.15, 0.2) is 0 Å². The molecule has 0 radical (unpaired) electrons. The molecule has 1 aliphatic carbocycles. The molecule has 1 aromatic carbocycles. The summed E-state index contributed by atoms with van der Waals surface area (Å²) in [4.78, 5) is 4.53. The molecular weight excluding hydrogens is 254 g/mol. The maximum Gasteiger partial charge on any atom is 0.136 e. The number of aliphatic hydroxyl groups excluding tert-OH is 1. The standard InChI is InChI=1S/C15H19N3O2/c16-10-3-4-12-11(7-10)17-14(8-19)18(12)13-5-6-20-15(13)9-1-2-9/h3-4,7,9,13,15,19H,1-2,5-6,8,16H2. The first-order valence-corrected chi connectivity index (χ1v) is 7.26. The molecule has 1 aromatic heterocycles. The van der Waals surface area contributed by atoms with E-state index in [0.717, 1.165) is 24.1 Å². The highest BCUT2D eigenvalue weighted by molar-refractivity contribution is 5.79. The van der Waals surface area contributed by atoms with E-state index in [1.807, 2.05) is 18.2 Å². The minimum atomic E-state index is -0.0531. The van der Waals surface area contributed by atoms with Gasteiger partial charge in [-0.1, -0.05) is 0 Å². The van der Waals surface area contributed by atoms with Gasteiger partial charge in [0.1, 0.15) is 12.4 Å². The fourth-order valence-corrected chi connectivity index (χ4v) is 3.40. The first-order valence-electron chi connectivity index (χ1n) is 7.26. The SMILES string of the molecule is Nc1ccc2c(c1)nc(CO)n2C1CCOC1C1CC1. The van der Waals surface area contributed by atoms with Gasteiger partial charge < -0.3 is 20.1 Å². The normalized spacial score (nSPS) is 26.4. The summed E-state index contributed by atoms with van der Waals surface area (Å²) in [7, 11) is 0. The maximum absolute atomic E-state index is 9.63. The molecule has 2 unspecified atom stereocenters. The lowest BCUT2D eigenvalue weighted by atomic mass is 10.1. The molecule has 1 saturated carbocycles. The highest BCUT2D eigenvalue weighted by Crippen LogP contribution is 2.44. The van der Waals surface area contributed by atoms with Gasteiger partial charge in [0.25, 0.3) is 0 Å². The van der Waals surface area contributed by atoms with Crippen molar-refractivity contribution in [3.63, 3.8) is 0 Å². The number of hydrogen-bond acceptors (Lipinski definition) is 4. The first-order chi connectivity index (χ1) is 9.78. The fourth-order valence-electron chi connectivity index (χ4n) is 3.40. The van der Waals surface area contributed by atoms with Crippen LogP contribution in [0, 0.1) is 5.92 Å². The Morgan fingerprint density at radius 3 is 2.95 bits per heavy atom. The van der Waals surface area contributed by atoms with E-state index in [2.05, 4.69) is 9.55 Å². The van der Waals surface area contributed by atoms with E-state index in [1.165, 1.54) is 12.8 Å². The molecule has 2 atom stereocenters. The van der Waals surface area contributed by atoms with Crippen molar-refractivity contribution < 1.29 is 9.84 Å². The number of nitrogens with two attached hydrogens (primary N) is 1. The number of aromatic nitrogens is 2. The van der Waals surface area contributed by atoms with Crippen molar-refractivity contribution in [3.8, 4) is 0 Å². The number of nitrogens with zero attached hydrogens (tertiary/aromatic N) is 2. The van der Waals surface area contributed by atoms with Crippen molar-refractivity contribution in [2.75, 3.05) is 12.3 Å². The van der Waals surface area contributed by atoms with Gasteiger partial charge in [-0.05, 0) is 43.4 Å². The lowest BCUT2D eigenvalue weighted by Gasteiger charge is -2.22. The molecule has 106 valence electrons. The van der Waals surface area contributed by atoms with E-state index in [9.17, 15) is 5.11 Å². The molecule has 2 aliphatic rings. The van der Waals surface area contributed by atoms with E-state index in [4.69, 9.17) is 10.5 Å². The molecule has 5 heteroatoms. The van der Waals surface area contributed by atoms with Crippen molar-refractivity contribution in [2.45, 2.75) is 38.0 Å². The third-order valence-corrected chi connectivity index (χ3v) is 4.45. The van der Waals surface area contributed by atoms with Crippen molar-refractivity contribution in [3.05, 3.63) is 24.0 Å². The zero-order valence-corrected chi connectivity index (χ0v) is 11.3. The second-order valence-corrected chi connectivity index (χ2v) is 5.83. The molecule has 0 amide bonds. The molecule has 2 heterocycles. The van der Waals surface area contributed by atoms with Gasteiger partial charge in [-0.2, -0.15) is 0 Å². The van der Waals surface area contributed by atoms with Crippen molar-refractivity contribution >= 4 is 16.7 Å². The van der Waals surface area contributed by atoms with Crippen LogP contribution in [0.15, 0.2) is 18.2 Å². The zero-order chi connectivity index (χ0) is 13.7. The Kier molecular flexibility index (Phi) is 2.72. The number of benzene rings is 1. The molecular formula is C15H19N3O2. The Balaban J connectivity index is 1.84. The van der Waals surface area contributed by atoms with Gasteiger partial charge in [0.05, 0.1) is 23.2 Å². The van der Waals surface area contributed by atoms with E-state index < -0.39 is 0 Å². The lowest BCUT2D eigenvalue weighted by Crippen LogP contribution is -2.23. The predicted molar refractivity (Wildman–Crippen MR) is 76.2 cm³/mol. The van der Waals surface area contributed by atoms with Crippen LogP contribution in [0.5, 0.6) is 0 Å². The summed E-state index contributed by atoms with van der Waals surface area (Å²) in [5, 5.41) is 9.63. The molecule has 2 aromatic rings. The summed E-state index contributed by atoms with van der Waals surface area (Å²) in [6, 6.07) is 6.05. The molecule has 20 heavy (non-hydrogen) atoms. The van der Waals surface area contributed by atoms with E-state index in [-0.39, 0.29) is 12.7 Å². The zero-order valence-electron chi connectivity index (χ0n) is 11.3. The van der Waals surface area contributed by atoms with Gasteiger partial charge in [0.2, 0.25) is 0 Å². The number of rotatable bonds is 3. The fraction of sp³-hybridized carbons (Fsp3) is 0.533. The number of hydrogen-bond donors (Lipinski definition) is 2. The Morgan fingerprint density at radius 2 is 2.20 bits per heavy atom. The Morgan fingerprint density at radius 1 is 1.35 bits per heavy atom. The van der Waals surface area contributed by atoms with Gasteiger partial charge in [0, 0.05) is 12.3 Å². The Bertz CT molecular complexity index is 648. The van der Waals surface area contributed by atoms with Crippen LogP contribution in [-0.2, 0) is 11.3 Å². The monoisotopic (exact) mass is 273 g/mol. The van der Waals surface area contributed by atoms with Crippen LogP contribution in [0.4, 0.5) is 5.69 Å². The minimum Gasteiger partial charge on any atom is -0.399 e. The van der Waals surface area contributed by atoms with Crippen LogP contribution in [0.1, 0.15) is 31.1 Å². The van der Waals surface area contributed by atoms with Crippen molar-refractivity contribution in [1.82, 2.24) is 9.55 Å². The summed E-state index contributed by atoms with van der Waals surface area (Å²) in [6.07, 6.45) is 3.78. The van der Waals surface area contributed by atoms with Gasteiger partial charge in [-0.25, -0.2) is 4.98 Å². The highest BCUT2D eigenvalue weighted by atomic mass is 16.5. The topological polar surface area (TPSA) is 73.3 Å². The Hall–Kier alpha value is -1.59. The molecule has 5 nitrogen and oxygen atoms in total. The number of aliphatic hydroxyl groups is 1. The van der Waals surface area contributed by atoms with Crippen LogP contribution in [0.3, 0.4) is 0 Å².